The lowest BCUT2D eigenvalue weighted by Gasteiger charge is -2.33. The van der Waals surface area contributed by atoms with Crippen LogP contribution in [0.25, 0.3) is 33.6 Å². The van der Waals surface area contributed by atoms with E-state index in [0.717, 1.165) is 5.56 Å². The number of nitrogens with one attached hydrogen (secondary N) is 1. The summed E-state index contributed by atoms with van der Waals surface area (Å²) in [5.41, 5.74) is 3.42. The number of nitrogens with zero attached hydrogens (tertiary/aromatic N) is 2. The molecular weight excluding hydrogens is 516 g/mol. The van der Waals surface area contributed by atoms with Gasteiger partial charge >= 0.3 is 0 Å². The number of carbonyl (C=O) groups excluding carboxylic acids is 2. The Balaban J connectivity index is 1.39. The number of benzene rings is 3. The predicted molar refractivity (Wildman–Crippen MR) is 145 cm³/mol. The van der Waals surface area contributed by atoms with E-state index in [1.54, 1.807) is 54.6 Å². The molecule has 9 heteroatoms. The van der Waals surface area contributed by atoms with Gasteiger partial charge in [-0.3, -0.25) is 14.5 Å². The van der Waals surface area contributed by atoms with Crippen molar-refractivity contribution in [2.75, 3.05) is 13.8 Å². The summed E-state index contributed by atoms with van der Waals surface area (Å²) in [4.78, 5) is 32.6. The Kier molecular flexibility index (Phi) is 6.26. The lowest BCUT2D eigenvalue weighted by Crippen LogP contribution is -2.40. The van der Waals surface area contributed by atoms with E-state index >= 15 is 0 Å². The van der Waals surface area contributed by atoms with Crippen molar-refractivity contribution in [3.63, 3.8) is 0 Å². The maximum Gasteiger partial charge on any atom is 0.279 e. The van der Waals surface area contributed by atoms with Crippen LogP contribution in [0, 0.1) is 11.6 Å². The number of halogens is 2. The van der Waals surface area contributed by atoms with Gasteiger partial charge in [0.1, 0.15) is 23.0 Å². The van der Waals surface area contributed by atoms with Crippen LogP contribution >= 0.6 is 0 Å². The Morgan fingerprint density at radius 2 is 1.62 bits per heavy atom. The zero-order valence-corrected chi connectivity index (χ0v) is 21.6. The van der Waals surface area contributed by atoms with Crippen LogP contribution in [-0.4, -0.2) is 35.5 Å². The zero-order valence-electron chi connectivity index (χ0n) is 21.6. The molecule has 3 aromatic carbocycles. The van der Waals surface area contributed by atoms with Crippen LogP contribution in [-0.2, 0) is 0 Å². The Labute approximate surface area is 228 Å². The molecule has 5 aromatic rings. The summed E-state index contributed by atoms with van der Waals surface area (Å²) in [5, 5.41) is 3.19. The van der Waals surface area contributed by atoms with Crippen molar-refractivity contribution in [1.29, 1.82) is 0 Å². The monoisotopic (exact) mass is 539 g/mol. The molecule has 1 aliphatic rings. The number of hydrogen-bond acceptors (Lipinski definition) is 5. The molecule has 1 N–H and O–H groups in total. The quantitative estimate of drug-likeness (QED) is 0.281. The Morgan fingerprint density at radius 1 is 0.950 bits per heavy atom. The first-order valence-corrected chi connectivity index (χ1v) is 12.6. The van der Waals surface area contributed by atoms with Gasteiger partial charge in [-0.2, -0.15) is 0 Å². The lowest BCUT2D eigenvalue weighted by molar-refractivity contribution is 0.0394. The maximum atomic E-state index is 13.5. The number of amides is 2. The molecule has 1 aliphatic heterocycles. The van der Waals surface area contributed by atoms with Crippen molar-refractivity contribution in [2.24, 2.45) is 0 Å². The highest BCUT2D eigenvalue weighted by molar-refractivity contribution is 6.11. The Hall–Kier alpha value is -5.05. The van der Waals surface area contributed by atoms with Crippen LogP contribution in [0.1, 0.15) is 39.4 Å². The zero-order chi connectivity index (χ0) is 28.0. The molecular formula is C31H23F2N3O4. The minimum absolute atomic E-state index is 0.0357. The molecule has 0 aliphatic carbocycles. The number of hydrogen-bond donors (Lipinski definition) is 1. The highest BCUT2D eigenvalue weighted by Gasteiger charge is 2.32. The van der Waals surface area contributed by atoms with Crippen molar-refractivity contribution >= 4 is 22.8 Å². The third-order valence-electron chi connectivity index (χ3n) is 7.05. The van der Waals surface area contributed by atoms with Crippen molar-refractivity contribution in [1.82, 2.24) is 15.2 Å². The van der Waals surface area contributed by atoms with Crippen molar-refractivity contribution < 1.29 is 27.5 Å². The van der Waals surface area contributed by atoms with Crippen molar-refractivity contribution in [3.8, 4) is 28.3 Å². The third kappa shape index (κ3) is 4.35. The number of fused-ring (bicyclic) bond motifs is 2. The third-order valence-corrected chi connectivity index (χ3v) is 7.05. The minimum Gasteiger partial charge on any atom is -0.471 e. The first kappa shape index (κ1) is 25.2. The largest absolute Gasteiger partial charge is 0.471 e. The molecule has 0 unspecified atom stereocenters. The van der Waals surface area contributed by atoms with Crippen molar-refractivity contribution in [2.45, 2.75) is 13.0 Å². The summed E-state index contributed by atoms with van der Waals surface area (Å²) in [7, 11) is 1.52. The number of furan rings is 1. The number of ether oxygens (including phenoxy) is 1. The molecule has 0 saturated carbocycles. The lowest BCUT2D eigenvalue weighted by atomic mass is 10.0. The summed E-state index contributed by atoms with van der Waals surface area (Å²) in [6.07, 6.45) is 0. The highest BCUT2D eigenvalue weighted by atomic mass is 19.1. The smallest absolute Gasteiger partial charge is 0.279 e. The molecule has 0 fully saturated rings. The summed E-state index contributed by atoms with van der Waals surface area (Å²) in [6, 6.07) is 20.0. The van der Waals surface area contributed by atoms with Crippen LogP contribution in [0.3, 0.4) is 0 Å². The van der Waals surface area contributed by atoms with E-state index in [9.17, 15) is 18.4 Å². The number of rotatable bonds is 5. The molecule has 3 heterocycles. The minimum atomic E-state index is -0.397. The van der Waals surface area contributed by atoms with Gasteiger partial charge in [0.25, 0.3) is 11.8 Å². The van der Waals surface area contributed by atoms with E-state index in [-0.39, 0.29) is 36.1 Å². The van der Waals surface area contributed by atoms with E-state index in [1.807, 2.05) is 6.92 Å². The predicted octanol–water partition coefficient (Wildman–Crippen LogP) is 6.35. The molecule has 1 atom stereocenters. The van der Waals surface area contributed by atoms with Crippen LogP contribution in [0.5, 0.6) is 5.75 Å². The van der Waals surface area contributed by atoms with E-state index in [0.29, 0.717) is 44.9 Å². The van der Waals surface area contributed by atoms with E-state index in [4.69, 9.17) is 9.15 Å². The van der Waals surface area contributed by atoms with Gasteiger partial charge in [0.2, 0.25) is 0 Å². The first-order chi connectivity index (χ1) is 19.3. The fraction of sp³-hybridized carbons (Fsp3) is 0.129. The standard InChI is InChI=1S/C31H23F2N3O4/c1-17(18-3-8-21(32)9-4-18)36-16-39-26-14-12-24(35-28(26)31(36)38)20-7-13-25-23(15-20)27(30(37)34-2)29(40-25)19-5-10-22(33)11-6-19/h3-15,17H,16H2,1-2H3,(H,34,37)/t17-/m1/s1. The van der Waals surface area contributed by atoms with Gasteiger partial charge in [0, 0.05) is 23.6 Å². The Bertz CT molecular complexity index is 1760. The average Bonchev–Trinajstić information content (AvgIpc) is 3.36. The second-order valence-electron chi connectivity index (χ2n) is 9.42. The topological polar surface area (TPSA) is 84.7 Å². The van der Waals surface area contributed by atoms with Gasteiger partial charge in [-0.15, -0.1) is 0 Å². The van der Waals surface area contributed by atoms with Gasteiger partial charge in [-0.25, -0.2) is 13.8 Å². The summed E-state index contributed by atoms with van der Waals surface area (Å²) in [5.74, 6) is -0.736. The Morgan fingerprint density at radius 3 is 2.33 bits per heavy atom. The van der Waals surface area contributed by atoms with E-state index in [2.05, 4.69) is 10.3 Å². The number of carbonyl (C=O) groups is 2. The van der Waals surface area contributed by atoms with Gasteiger partial charge in [0.05, 0.1) is 17.3 Å². The van der Waals surface area contributed by atoms with Gasteiger partial charge < -0.3 is 14.5 Å². The molecule has 7 nitrogen and oxygen atoms in total. The van der Waals surface area contributed by atoms with E-state index in [1.165, 1.54) is 36.2 Å². The second-order valence-corrected chi connectivity index (χ2v) is 9.42. The van der Waals surface area contributed by atoms with Crippen LogP contribution < -0.4 is 10.1 Å². The van der Waals surface area contributed by atoms with E-state index < -0.39 is 5.82 Å². The fourth-order valence-corrected chi connectivity index (χ4v) is 4.83. The molecule has 2 amide bonds. The molecule has 40 heavy (non-hydrogen) atoms. The van der Waals surface area contributed by atoms with Crippen LogP contribution in [0.2, 0.25) is 0 Å². The van der Waals surface area contributed by atoms with Crippen LogP contribution in [0.4, 0.5) is 8.78 Å². The first-order valence-electron chi connectivity index (χ1n) is 12.6. The second kappa shape index (κ2) is 9.92. The van der Waals surface area contributed by atoms with Gasteiger partial charge in [0.15, 0.2) is 18.2 Å². The molecule has 2 aromatic heterocycles. The fourth-order valence-electron chi connectivity index (χ4n) is 4.83. The maximum absolute atomic E-state index is 13.5. The molecule has 200 valence electrons. The summed E-state index contributed by atoms with van der Waals surface area (Å²) >= 11 is 0. The average molecular weight is 540 g/mol. The van der Waals surface area contributed by atoms with Gasteiger partial charge in [-0.1, -0.05) is 12.1 Å². The van der Waals surface area contributed by atoms with Crippen molar-refractivity contribution in [3.05, 3.63) is 107 Å². The summed E-state index contributed by atoms with van der Waals surface area (Å²) in [6.45, 7) is 1.88. The normalized spacial score (nSPS) is 13.6. The van der Waals surface area contributed by atoms with Crippen LogP contribution in [0.15, 0.2) is 83.3 Å². The number of aromatic nitrogens is 1. The molecule has 0 radical (unpaired) electrons. The SMILES string of the molecule is CNC(=O)c1c(-c2ccc(F)cc2)oc2ccc(-c3ccc4c(n3)C(=O)N([C@H](C)c3ccc(F)cc3)CO4)cc12. The molecule has 0 bridgehead atoms. The van der Waals surface area contributed by atoms with Gasteiger partial charge in [-0.05, 0) is 79.2 Å². The summed E-state index contributed by atoms with van der Waals surface area (Å²) < 4.78 is 38.8. The molecule has 6 rings (SSSR count). The molecule has 0 spiro atoms. The number of pyridine rings is 1. The highest BCUT2D eigenvalue weighted by Crippen LogP contribution is 2.37. The molecule has 0 saturated heterocycles.